The van der Waals surface area contributed by atoms with E-state index in [2.05, 4.69) is 41.4 Å². The highest BCUT2D eigenvalue weighted by atomic mass is 15.1. The van der Waals surface area contributed by atoms with E-state index < -0.39 is 0 Å². The van der Waals surface area contributed by atoms with Crippen molar-refractivity contribution in [2.75, 3.05) is 17.2 Å². The number of hydrogen-bond acceptors (Lipinski definition) is 4. The quantitative estimate of drug-likeness (QED) is 0.788. The summed E-state index contributed by atoms with van der Waals surface area (Å²) in [6, 6.07) is 0.577. The van der Waals surface area contributed by atoms with Crippen molar-refractivity contribution >= 4 is 11.6 Å². The maximum absolute atomic E-state index is 4.48. The number of rotatable bonds is 7. The molecule has 0 radical (unpaired) electrons. The lowest BCUT2D eigenvalue weighted by Gasteiger charge is -2.30. The average Bonchev–Trinajstić information content (AvgIpc) is 2.50. The maximum atomic E-state index is 4.48. The van der Waals surface area contributed by atoms with Crippen LogP contribution in [0.2, 0.25) is 0 Å². The molecule has 4 heteroatoms. The lowest BCUT2D eigenvalue weighted by molar-refractivity contribution is 0.318. The summed E-state index contributed by atoms with van der Waals surface area (Å²) in [5.74, 6) is 2.96. The van der Waals surface area contributed by atoms with Crippen molar-refractivity contribution < 1.29 is 0 Å². The van der Waals surface area contributed by atoms with E-state index in [0.717, 1.165) is 30.5 Å². The van der Waals surface area contributed by atoms with Crippen molar-refractivity contribution in [3.63, 3.8) is 0 Å². The van der Waals surface area contributed by atoms with Gasteiger partial charge < -0.3 is 10.6 Å². The summed E-state index contributed by atoms with van der Waals surface area (Å²) in [6.45, 7) is 7.46. The Bertz CT molecular complexity index is 425. The number of aromatic nitrogens is 2. The van der Waals surface area contributed by atoms with Crippen LogP contribution in [0.15, 0.2) is 6.33 Å². The van der Waals surface area contributed by atoms with Gasteiger partial charge in [-0.25, -0.2) is 9.97 Å². The van der Waals surface area contributed by atoms with Crippen LogP contribution in [-0.2, 0) is 6.42 Å². The lowest BCUT2D eigenvalue weighted by Crippen LogP contribution is -2.27. The predicted molar refractivity (Wildman–Crippen MR) is 89.9 cm³/mol. The SMILES string of the molecule is CCCC1CCC(Nc2ncnc(NCC)c2CC)CC1. The second-order valence-electron chi connectivity index (χ2n) is 6.08. The molecule has 0 aliphatic heterocycles. The Hall–Kier alpha value is -1.32. The van der Waals surface area contributed by atoms with Crippen molar-refractivity contribution in [3.05, 3.63) is 11.9 Å². The van der Waals surface area contributed by atoms with Crippen LogP contribution < -0.4 is 10.6 Å². The molecule has 1 fully saturated rings. The molecule has 0 saturated heterocycles. The van der Waals surface area contributed by atoms with Crippen LogP contribution in [0.1, 0.15) is 64.9 Å². The van der Waals surface area contributed by atoms with Gasteiger partial charge in [-0.2, -0.15) is 0 Å². The van der Waals surface area contributed by atoms with Gasteiger partial charge in [-0.1, -0.05) is 26.7 Å². The molecule has 1 heterocycles. The molecular weight excluding hydrogens is 260 g/mol. The van der Waals surface area contributed by atoms with Gasteiger partial charge in [0.2, 0.25) is 0 Å². The molecule has 2 rings (SSSR count). The van der Waals surface area contributed by atoms with E-state index in [1.807, 2.05) is 0 Å². The Morgan fingerprint density at radius 2 is 1.76 bits per heavy atom. The van der Waals surface area contributed by atoms with Gasteiger partial charge in [0.05, 0.1) is 0 Å². The summed E-state index contributed by atoms with van der Waals surface area (Å²) in [7, 11) is 0. The molecule has 21 heavy (non-hydrogen) atoms. The standard InChI is InChI=1S/C17H30N4/c1-4-7-13-8-10-14(11-9-13)21-17-15(5-2)16(18-6-3)19-12-20-17/h12-14H,4-11H2,1-3H3,(H2,18,19,20,21). The molecular formula is C17H30N4. The van der Waals surface area contributed by atoms with E-state index in [1.54, 1.807) is 6.33 Å². The molecule has 0 atom stereocenters. The normalized spacial score (nSPS) is 22.0. The highest BCUT2D eigenvalue weighted by Crippen LogP contribution is 2.30. The molecule has 1 aromatic rings. The van der Waals surface area contributed by atoms with Gasteiger partial charge in [-0.3, -0.25) is 0 Å². The molecule has 1 aliphatic rings. The van der Waals surface area contributed by atoms with Gasteiger partial charge in [-0.15, -0.1) is 0 Å². The first kappa shape index (κ1) is 16.1. The number of anilines is 2. The molecule has 0 bridgehead atoms. The van der Waals surface area contributed by atoms with E-state index >= 15 is 0 Å². The smallest absolute Gasteiger partial charge is 0.134 e. The molecule has 0 unspecified atom stereocenters. The van der Waals surface area contributed by atoms with E-state index in [9.17, 15) is 0 Å². The van der Waals surface area contributed by atoms with Crippen LogP contribution >= 0.6 is 0 Å². The van der Waals surface area contributed by atoms with Gasteiger partial charge in [0.15, 0.2) is 0 Å². The fourth-order valence-electron chi connectivity index (χ4n) is 3.39. The minimum absolute atomic E-state index is 0.577. The third-order valence-electron chi connectivity index (χ3n) is 4.53. The topological polar surface area (TPSA) is 49.8 Å². The van der Waals surface area contributed by atoms with E-state index in [1.165, 1.54) is 44.1 Å². The van der Waals surface area contributed by atoms with Crippen LogP contribution in [-0.4, -0.2) is 22.6 Å². The van der Waals surface area contributed by atoms with E-state index in [4.69, 9.17) is 0 Å². The van der Waals surface area contributed by atoms with E-state index in [0.29, 0.717) is 6.04 Å². The Kier molecular flexibility index (Phi) is 6.27. The monoisotopic (exact) mass is 290 g/mol. The summed E-state index contributed by atoms with van der Waals surface area (Å²) in [6.07, 6.45) is 10.6. The lowest BCUT2D eigenvalue weighted by atomic mass is 9.83. The molecule has 4 nitrogen and oxygen atoms in total. The summed E-state index contributed by atoms with van der Waals surface area (Å²) >= 11 is 0. The van der Waals surface area contributed by atoms with Crippen LogP contribution in [0.4, 0.5) is 11.6 Å². The maximum Gasteiger partial charge on any atom is 0.134 e. The Morgan fingerprint density at radius 3 is 2.38 bits per heavy atom. The van der Waals surface area contributed by atoms with Crippen LogP contribution in [0.3, 0.4) is 0 Å². The number of nitrogens with one attached hydrogen (secondary N) is 2. The van der Waals surface area contributed by atoms with Gasteiger partial charge in [-0.05, 0) is 44.9 Å². The molecule has 0 amide bonds. The zero-order valence-electron chi connectivity index (χ0n) is 13.8. The van der Waals surface area contributed by atoms with Crippen molar-refractivity contribution in [1.82, 2.24) is 9.97 Å². The highest BCUT2D eigenvalue weighted by molar-refractivity contribution is 5.57. The fourth-order valence-corrected chi connectivity index (χ4v) is 3.39. The molecule has 0 aromatic carbocycles. The summed E-state index contributed by atoms with van der Waals surface area (Å²) < 4.78 is 0. The first-order chi connectivity index (χ1) is 10.3. The van der Waals surface area contributed by atoms with Crippen molar-refractivity contribution in [2.24, 2.45) is 5.92 Å². The number of hydrogen-bond donors (Lipinski definition) is 2. The van der Waals surface area contributed by atoms with Gasteiger partial charge in [0, 0.05) is 18.2 Å². The summed E-state index contributed by atoms with van der Waals surface area (Å²) in [5.41, 5.74) is 1.22. The van der Waals surface area contributed by atoms with Crippen molar-refractivity contribution in [3.8, 4) is 0 Å². The zero-order valence-corrected chi connectivity index (χ0v) is 13.8. The molecule has 1 saturated carbocycles. The third kappa shape index (κ3) is 4.32. The second-order valence-corrected chi connectivity index (χ2v) is 6.08. The van der Waals surface area contributed by atoms with Gasteiger partial charge in [0.25, 0.3) is 0 Å². The predicted octanol–water partition coefficient (Wildman–Crippen LogP) is 4.24. The third-order valence-corrected chi connectivity index (χ3v) is 4.53. The van der Waals surface area contributed by atoms with E-state index in [-0.39, 0.29) is 0 Å². The Morgan fingerprint density at radius 1 is 1.05 bits per heavy atom. The minimum Gasteiger partial charge on any atom is -0.370 e. The minimum atomic E-state index is 0.577. The highest BCUT2D eigenvalue weighted by Gasteiger charge is 2.21. The fraction of sp³-hybridized carbons (Fsp3) is 0.765. The molecule has 0 spiro atoms. The largest absolute Gasteiger partial charge is 0.370 e. The first-order valence-corrected chi connectivity index (χ1v) is 8.62. The van der Waals surface area contributed by atoms with Crippen LogP contribution in [0.25, 0.3) is 0 Å². The second kappa shape index (κ2) is 8.20. The summed E-state index contributed by atoms with van der Waals surface area (Å²) in [5, 5.41) is 7.01. The molecule has 1 aliphatic carbocycles. The molecule has 2 N–H and O–H groups in total. The molecule has 118 valence electrons. The van der Waals surface area contributed by atoms with Gasteiger partial charge >= 0.3 is 0 Å². The summed E-state index contributed by atoms with van der Waals surface area (Å²) in [4.78, 5) is 8.85. The average molecular weight is 290 g/mol. The Balaban J connectivity index is 1.98. The van der Waals surface area contributed by atoms with Gasteiger partial charge in [0.1, 0.15) is 18.0 Å². The number of nitrogens with zero attached hydrogens (tertiary/aromatic N) is 2. The first-order valence-electron chi connectivity index (χ1n) is 8.62. The Labute approximate surface area is 129 Å². The zero-order chi connectivity index (χ0) is 15.1. The van der Waals surface area contributed by atoms with Crippen molar-refractivity contribution in [2.45, 2.75) is 71.8 Å². The molecule has 1 aromatic heterocycles. The van der Waals surface area contributed by atoms with Crippen molar-refractivity contribution in [1.29, 1.82) is 0 Å². The van der Waals surface area contributed by atoms with Crippen LogP contribution in [0.5, 0.6) is 0 Å². The van der Waals surface area contributed by atoms with Crippen LogP contribution in [0, 0.1) is 5.92 Å².